The van der Waals surface area contributed by atoms with Gasteiger partial charge < -0.3 is 14.6 Å². The highest BCUT2D eigenvalue weighted by Gasteiger charge is 2.20. The summed E-state index contributed by atoms with van der Waals surface area (Å²) in [7, 11) is 0. The number of aromatic nitrogens is 2. The number of benzene rings is 1. The van der Waals surface area contributed by atoms with Crippen molar-refractivity contribution < 1.29 is 9.21 Å². The van der Waals surface area contributed by atoms with Gasteiger partial charge in [0.1, 0.15) is 6.26 Å². The maximum atomic E-state index is 12.3. The second-order valence-corrected chi connectivity index (χ2v) is 7.70. The van der Waals surface area contributed by atoms with Gasteiger partial charge in [-0.1, -0.05) is 6.07 Å². The fourth-order valence-corrected chi connectivity index (χ4v) is 3.54. The summed E-state index contributed by atoms with van der Waals surface area (Å²) >= 11 is 0. The molecule has 0 unspecified atom stereocenters. The average molecular weight is 406 g/mol. The van der Waals surface area contributed by atoms with Gasteiger partial charge in [-0.15, -0.1) is 0 Å². The van der Waals surface area contributed by atoms with E-state index >= 15 is 0 Å². The number of aryl methyl sites for hydroxylation is 2. The molecule has 3 heterocycles. The fourth-order valence-electron chi connectivity index (χ4n) is 3.54. The van der Waals surface area contributed by atoms with Gasteiger partial charge in [0.05, 0.1) is 6.54 Å². The van der Waals surface area contributed by atoms with E-state index in [9.17, 15) is 4.79 Å². The van der Waals surface area contributed by atoms with Crippen LogP contribution in [0, 0.1) is 13.8 Å². The first kappa shape index (κ1) is 20.1. The molecule has 1 N–H and O–H groups in total. The second-order valence-electron chi connectivity index (χ2n) is 7.70. The highest BCUT2D eigenvalue weighted by molar-refractivity contribution is 5.91. The maximum absolute atomic E-state index is 12.3. The molecule has 1 saturated heterocycles. The summed E-state index contributed by atoms with van der Waals surface area (Å²) in [5.74, 6) is 0.338. The monoisotopic (exact) mass is 405 g/mol. The lowest BCUT2D eigenvalue weighted by Gasteiger charge is -2.35. The number of hydrogen-bond donors (Lipinski definition) is 1. The van der Waals surface area contributed by atoms with E-state index in [0.29, 0.717) is 24.7 Å². The first-order chi connectivity index (χ1) is 14.6. The Morgan fingerprint density at radius 2 is 1.83 bits per heavy atom. The number of nitrogens with zero attached hydrogens (tertiary/aromatic N) is 4. The lowest BCUT2D eigenvalue weighted by molar-refractivity contribution is 0.0945. The molecule has 0 atom stereocenters. The number of carbonyl (C=O) groups is 1. The zero-order valence-corrected chi connectivity index (χ0v) is 17.5. The predicted octanol–water partition coefficient (Wildman–Crippen LogP) is 2.94. The number of rotatable bonds is 6. The van der Waals surface area contributed by atoms with Gasteiger partial charge in [-0.25, -0.2) is 4.98 Å². The molecule has 1 fully saturated rings. The zero-order valence-electron chi connectivity index (χ0n) is 17.5. The Balaban J connectivity index is 1.27. The largest absolute Gasteiger partial charge is 0.447 e. The molecule has 0 saturated carbocycles. The Morgan fingerprint density at radius 1 is 1.07 bits per heavy atom. The molecule has 0 aliphatic carbocycles. The van der Waals surface area contributed by atoms with E-state index in [-0.39, 0.29) is 5.91 Å². The van der Waals surface area contributed by atoms with E-state index in [0.717, 1.165) is 31.7 Å². The number of anilines is 1. The fraction of sp³-hybridized carbons (Fsp3) is 0.348. The number of carbonyl (C=O) groups excluding carboxylic acids is 1. The zero-order chi connectivity index (χ0) is 20.9. The summed E-state index contributed by atoms with van der Waals surface area (Å²) in [5, 5.41) is 2.86. The van der Waals surface area contributed by atoms with Crippen LogP contribution in [0.4, 0.5) is 5.69 Å². The Hall–Kier alpha value is -3.19. The number of pyridine rings is 1. The van der Waals surface area contributed by atoms with Crippen LogP contribution in [0.15, 0.2) is 53.4 Å². The molecule has 156 valence electrons. The van der Waals surface area contributed by atoms with Gasteiger partial charge in [0.2, 0.25) is 5.89 Å². The molecule has 0 radical (unpaired) electrons. The van der Waals surface area contributed by atoms with Crippen LogP contribution in [-0.2, 0) is 13.1 Å². The van der Waals surface area contributed by atoms with E-state index < -0.39 is 0 Å². The predicted molar refractivity (Wildman–Crippen MR) is 115 cm³/mol. The highest BCUT2D eigenvalue weighted by atomic mass is 16.3. The molecule has 7 heteroatoms. The number of oxazole rings is 1. The smallest absolute Gasteiger partial charge is 0.273 e. The molecular formula is C23H27N5O2. The van der Waals surface area contributed by atoms with Crippen molar-refractivity contribution in [3.8, 4) is 0 Å². The maximum Gasteiger partial charge on any atom is 0.273 e. The molecule has 1 aliphatic rings. The van der Waals surface area contributed by atoms with Gasteiger partial charge in [0.25, 0.3) is 5.91 Å². The van der Waals surface area contributed by atoms with Crippen LogP contribution in [-0.4, -0.2) is 47.0 Å². The minimum absolute atomic E-state index is 0.235. The number of piperazine rings is 1. The van der Waals surface area contributed by atoms with Crippen molar-refractivity contribution in [2.45, 2.75) is 26.9 Å². The van der Waals surface area contributed by atoms with Crippen molar-refractivity contribution in [1.82, 2.24) is 20.2 Å². The van der Waals surface area contributed by atoms with E-state index in [1.54, 1.807) is 12.4 Å². The van der Waals surface area contributed by atoms with E-state index in [1.807, 2.05) is 12.1 Å². The third-order valence-corrected chi connectivity index (χ3v) is 5.57. The molecule has 3 aromatic rings. The standard InChI is InChI=1S/C23H27N5O2/c1-17-3-4-20(13-18(17)2)28-11-9-27(10-12-28)15-22-26-21(16-30-22)23(29)25-14-19-5-7-24-8-6-19/h3-8,13,16H,9-12,14-15H2,1-2H3,(H,25,29). The van der Waals surface area contributed by atoms with Crippen molar-refractivity contribution in [3.63, 3.8) is 0 Å². The summed E-state index contributed by atoms with van der Waals surface area (Å²) in [6.07, 6.45) is 4.84. The summed E-state index contributed by atoms with van der Waals surface area (Å²) in [4.78, 5) is 25.4. The summed E-state index contributed by atoms with van der Waals surface area (Å²) < 4.78 is 5.54. The minimum Gasteiger partial charge on any atom is -0.447 e. The van der Waals surface area contributed by atoms with Crippen LogP contribution in [0.5, 0.6) is 0 Å². The molecular weight excluding hydrogens is 378 g/mol. The Bertz CT molecular complexity index is 994. The number of nitrogens with one attached hydrogen (secondary N) is 1. The third-order valence-electron chi connectivity index (χ3n) is 5.57. The van der Waals surface area contributed by atoms with Crippen molar-refractivity contribution in [3.05, 3.63) is 77.3 Å². The Kier molecular flexibility index (Phi) is 6.09. The van der Waals surface area contributed by atoms with Crippen LogP contribution in [0.3, 0.4) is 0 Å². The van der Waals surface area contributed by atoms with Crippen molar-refractivity contribution >= 4 is 11.6 Å². The molecule has 4 rings (SSSR count). The third kappa shape index (κ3) is 4.86. The molecule has 30 heavy (non-hydrogen) atoms. The van der Waals surface area contributed by atoms with Gasteiger partial charge in [0, 0.05) is 50.8 Å². The second kappa shape index (κ2) is 9.09. The molecule has 1 aliphatic heterocycles. The first-order valence-corrected chi connectivity index (χ1v) is 10.2. The van der Waals surface area contributed by atoms with Gasteiger partial charge in [-0.05, 0) is 54.8 Å². The SMILES string of the molecule is Cc1ccc(N2CCN(Cc3nc(C(=O)NCc4ccncc4)co3)CC2)cc1C. The molecule has 0 spiro atoms. The molecule has 1 aromatic carbocycles. The molecule has 1 amide bonds. The summed E-state index contributed by atoms with van der Waals surface area (Å²) in [5.41, 5.74) is 5.23. The van der Waals surface area contributed by atoms with Gasteiger partial charge in [-0.3, -0.25) is 14.7 Å². The summed E-state index contributed by atoms with van der Waals surface area (Å²) in [6, 6.07) is 10.4. The van der Waals surface area contributed by atoms with E-state index in [4.69, 9.17) is 4.42 Å². The molecule has 7 nitrogen and oxygen atoms in total. The minimum atomic E-state index is -0.235. The van der Waals surface area contributed by atoms with Crippen molar-refractivity contribution in [2.24, 2.45) is 0 Å². The van der Waals surface area contributed by atoms with Crippen LogP contribution >= 0.6 is 0 Å². The number of hydrogen-bond acceptors (Lipinski definition) is 6. The first-order valence-electron chi connectivity index (χ1n) is 10.2. The van der Waals surface area contributed by atoms with Crippen molar-refractivity contribution in [2.75, 3.05) is 31.1 Å². The van der Waals surface area contributed by atoms with Gasteiger partial charge in [0.15, 0.2) is 5.69 Å². The van der Waals surface area contributed by atoms with Crippen LogP contribution in [0.25, 0.3) is 0 Å². The number of amides is 1. The average Bonchev–Trinajstić information content (AvgIpc) is 3.24. The molecule has 2 aromatic heterocycles. The summed E-state index contributed by atoms with van der Waals surface area (Å²) in [6.45, 7) is 9.12. The van der Waals surface area contributed by atoms with E-state index in [2.05, 4.69) is 57.1 Å². The lowest BCUT2D eigenvalue weighted by Crippen LogP contribution is -2.46. The van der Waals surface area contributed by atoms with Gasteiger partial charge >= 0.3 is 0 Å². The Morgan fingerprint density at radius 3 is 2.57 bits per heavy atom. The lowest BCUT2D eigenvalue weighted by atomic mass is 10.1. The topological polar surface area (TPSA) is 74.5 Å². The van der Waals surface area contributed by atoms with Crippen LogP contribution in [0.1, 0.15) is 33.1 Å². The Labute approximate surface area is 176 Å². The highest BCUT2D eigenvalue weighted by Crippen LogP contribution is 2.20. The van der Waals surface area contributed by atoms with Crippen LogP contribution < -0.4 is 10.2 Å². The normalized spacial score (nSPS) is 14.7. The van der Waals surface area contributed by atoms with Crippen molar-refractivity contribution in [1.29, 1.82) is 0 Å². The van der Waals surface area contributed by atoms with Crippen LogP contribution in [0.2, 0.25) is 0 Å². The molecule has 0 bridgehead atoms. The van der Waals surface area contributed by atoms with Gasteiger partial charge in [-0.2, -0.15) is 0 Å². The van der Waals surface area contributed by atoms with E-state index in [1.165, 1.54) is 23.1 Å². The quantitative estimate of drug-likeness (QED) is 0.680.